The third-order valence-electron chi connectivity index (χ3n) is 1.62. The monoisotopic (exact) mass is 162 g/mol. The van der Waals surface area contributed by atoms with Crippen LogP contribution in [0, 0.1) is 11.3 Å². The molecule has 62 valence electrons. The van der Waals surface area contributed by atoms with Gasteiger partial charge in [-0.1, -0.05) is 0 Å². The molecule has 0 saturated heterocycles. The van der Waals surface area contributed by atoms with E-state index in [2.05, 4.69) is 15.3 Å². The first-order valence-corrected chi connectivity index (χ1v) is 3.67. The van der Waals surface area contributed by atoms with Gasteiger partial charge in [-0.05, 0) is 14.0 Å². The lowest BCUT2D eigenvalue weighted by atomic mass is 10.3. The van der Waals surface area contributed by atoms with E-state index in [4.69, 9.17) is 5.26 Å². The zero-order chi connectivity index (χ0) is 8.97. The van der Waals surface area contributed by atoms with Crippen LogP contribution >= 0.6 is 0 Å². The first-order chi connectivity index (χ1) is 5.77. The molecule has 0 spiro atoms. The molecular formula is C8H10N4. The summed E-state index contributed by atoms with van der Waals surface area (Å²) in [6, 6.07) is 2.09. The van der Waals surface area contributed by atoms with E-state index in [0.29, 0.717) is 11.4 Å². The van der Waals surface area contributed by atoms with Gasteiger partial charge < -0.3 is 5.32 Å². The fourth-order valence-corrected chi connectivity index (χ4v) is 0.748. The average molecular weight is 162 g/mol. The summed E-state index contributed by atoms with van der Waals surface area (Å²) >= 11 is 0. The maximum Gasteiger partial charge on any atom is 0.144 e. The Kier molecular flexibility index (Phi) is 2.72. The number of hydrogen-bond donors (Lipinski definition) is 1. The van der Waals surface area contributed by atoms with Crippen LogP contribution in [0.25, 0.3) is 0 Å². The summed E-state index contributed by atoms with van der Waals surface area (Å²) in [5, 5.41) is 11.5. The quantitative estimate of drug-likeness (QED) is 0.692. The van der Waals surface area contributed by atoms with Gasteiger partial charge >= 0.3 is 0 Å². The maximum absolute atomic E-state index is 8.48. The Bertz CT molecular complexity index is 285. The Morgan fingerprint density at radius 3 is 2.50 bits per heavy atom. The fraction of sp³-hybridized carbons (Fsp3) is 0.375. The molecule has 4 nitrogen and oxygen atoms in total. The first kappa shape index (κ1) is 8.62. The normalized spacial score (nSPS) is 12.1. The van der Waals surface area contributed by atoms with Crippen LogP contribution < -0.4 is 5.32 Å². The van der Waals surface area contributed by atoms with Gasteiger partial charge in [0, 0.05) is 12.4 Å². The molecule has 0 bridgehead atoms. The number of nitriles is 1. The summed E-state index contributed by atoms with van der Waals surface area (Å²) in [7, 11) is 1.84. The predicted octanol–water partition coefficient (Wildman–Crippen LogP) is 0.629. The highest BCUT2D eigenvalue weighted by Crippen LogP contribution is 2.04. The molecule has 0 radical (unpaired) electrons. The van der Waals surface area contributed by atoms with Crippen molar-refractivity contribution in [1.82, 2.24) is 15.3 Å². The molecule has 0 aromatic carbocycles. The topological polar surface area (TPSA) is 61.6 Å². The van der Waals surface area contributed by atoms with E-state index in [9.17, 15) is 0 Å². The lowest BCUT2D eigenvalue weighted by molar-refractivity contribution is 0.610. The van der Waals surface area contributed by atoms with Crippen molar-refractivity contribution >= 4 is 0 Å². The summed E-state index contributed by atoms with van der Waals surface area (Å²) in [5.74, 6) is 0.705. The summed E-state index contributed by atoms with van der Waals surface area (Å²) in [6.45, 7) is 1.96. The van der Waals surface area contributed by atoms with E-state index >= 15 is 0 Å². The highest BCUT2D eigenvalue weighted by Gasteiger charge is 2.04. The van der Waals surface area contributed by atoms with E-state index in [1.807, 2.05) is 20.0 Å². The van der Waals surface area contributed by atoms with Crippen LogP contribution in [0.5, 0.6) is 0 Å². The molecule has 1 aromatic rings. The van der Waals surface area contributed by atoms with Gasteiger partial charge in [-0.2, -0.15) is 5.26 Å². The second-order valence-electron chi connectivity index (χ2n) is 2.45. The van der Waals surface area contributed by atoms with Crippen LogP contribution in [0.1, 0.15) is 24.4 Å². The van der Waals surface area contributed by atoms with Crippen molar-refractivity contribution in [3.05, 3.63) is 23.8 Å². The predicted molar refractivity (Wildman–Crippen MR) is 44.2 cm³/mol. The standard InChI is InChI=1S/C8H10N4/c1-6(10-2)8-11-4-7(3-9)5-12-8/h4-6,10H,1-2H3. The van der Waals surface area contributed by atoms with Gasteiger partial charge in [-0.25, -0.2) is 9.97 Å². The molecule has 0 amide bonds. The van der Waals surface area contributed by atoms with E-state index < -0.39 is 0 Å². The Hall–Kier alpha value is -1.47. The molecule has 1 atom stereocenters. The second kappa shape index (κ2) is 3.79. The average Bonchev–Trinajstić information content (AvgIpc) is 2.17. The van der Waals surface area contributed by atoms with Crippen molar-refractivity contribution in [1.29, 1.82) is 5.26 Å². The lowest BCUT2D eigenvalue weighted by Gasteiger charge is -2.06. The van der Waals surface area contributed by atoms with E-state index in [0.717, 1.165) is 0 Å². The van der Waals surface area contributed by atoms with Crippen molar-refractivity contribution < 1.29 is 0 Å². The van der Waals surface area contributed by atoms with Gasteiger partial charge in [0.15, 0.2) is 0 Å². The minimum absolute atomic E-state index is 0.123. The molecule has 0 saturated carbocycles. The molecule has 0 aliphatic heterocycles. The Balaban J connectivity index is 2.86. The summed E-state index contributed by atoms with van der Waals surface area (Å²) < 4.78 is 0. The van der Waals surface area contributed by atoms with Crippen LogP contribution in [0.2, 0.25) is 0 Å². The molecule has 0 aliphatic carbocycles. The number of nitrogens with one attached hydrogen (secondary N) is 1. The molecule has 1 rings (SSSR count). The number of hydrogen-bond acceptors (Lipinski definition) is 4. The first-order valence-electron chi connectivity index (χ1n) is 3.67. The van der Waals surface area contributed by atoms with Crippen molar-refractivity contribution in [2.24, 2.45) is 0 Å². The highest BCUT2D eigenvalue weighted by molar-refractivity contribution is 5.21. The van der Waals surface area contributed by atoms with E-state index in [1.54, 1.807) is 0 Å². The van der Waals surface area contributed by atoms with Gasteiger partial charge in [-0.3, -0.25) is 0 Å². The Labute approximate surface area is 71.3 Å². The molecule has 12 heavy (non-hydrogen) atoms. The number of nitrogens with zero attached hydrogens (tertiary/aromatic N) is 3. The van der Waals surface area contributed by atoms with Gasteiger partial charge in [0.1, 0.15) is 11.9 Å². The third kappa shape index (κ3) is 1.77. The summed E-state index contributed by atoms with van der Waals surface area (Å²) in [5.41, 5.74) is 0.488. The zero-order valence-electron chi connectivity index (χ0n) is 7.07. The van der Waals surface area contributed by atoms with E-state index in [-0.39, 0.29) is 6.04 Å². The SMILES string of the molecule is CNC(C)c1ncc(C#N)cn1. The van der Waals surface area contributed by atoms with E-state index in [1.165, 1.54) is 12.4 Å². The van der Waals surface area contributed by atoms with Crippen molar-refractivity contribution in [3.8, 4) is 6.07 Å². The number of rotatable bonds is 2. The highest BCUT2D eigenvalue weighted by atomic mass is 15.0. The van der Waals surface area contributed by atoms with Crippen LogP contribution in [0.15, 0.2) is 12.4 Å². The summed E-state index contributed by atoms with van der Waals surface area (Å²) in [4.78, 5) is 8.05. The smallest absolute Gasteiger partial charge is 0.144 e. The van der Waals surface area contributed by atoms with Gasteiger partial charge in [-0.15, -0.1) is 0 Å². The van der Waals surface area contributed by atoms with Crippen molar-refractivity contribution in [3.63, 3.8) is 0 Å². The molecule has 1 N–H and O–H groups in total. The van der Waals surface area contributed by atoms with Gasteiger partial charge in [0.05, 0.1) is 11.6 Å². The second-order valence-corrected chi connectivity index (χ2v) is 2.45. The molecule has 1 aromatic heterocycles. The van der Waals surface area contributed by atoms with Crippen LogP contribution in [0.4, 0.5) is 0 Å². The molecule has 4 heteroatoms. The minimum Gasteiger partial charge on any atom is -0.311 e. The number of aromatic nitrogens is 2. The van der Waals surface area contributed by atoms with Crippen LogP contribution in [-0.2, 0) is 0 Å². The van der Waals surface area contributed by atoms with Crippen LogP contribution in [-0.4, -0.2) is 17.0 Å². The Morgan fingerprint density at radius 1 is 1.50 bits per heavy atom. The fourth-order valence-electron chi connectivity index (χ4n) is 0.748. The molecule has 0 fully saturated rings. The molecule has 0 aliphatic rings. The van der Waals surface area contributed by atoms with Crippen molar-refractivity contribution in [2.45, 2.75) is 13.0 Å². The summed E-state index contributed by atoms with van der Waals surface area (Å²) in [6.07, 6.45) is 3.05. The minimum atomic E-state index is 0.123. The van der Waals surface area contributed by atoms with Crippen molar-refractivity contribution in [2.75, 3.05) is 7.05 Å². The van der Waals surface area contributed by atoms with Gasteiger partial charge in [0.2, 0.25) is 0 Å². The lowest BCUT2D eigenvalue weighted by Crippen LogP contribution is -2.15. The third-order valence-corrected chi connectivity index (χ3v) is 1.62. The maximum atomic E-state index is 8.48. The molecular weight excluding hydrogens is 152 g/mol. The molecule has 1 heterocycles. The van der Waals surface area contributed by atoms with Crippen LogP contribution in [0.3, 0.4) is 0 Å². The van der Waals surface area contributed by atoms with Gasteiger partial charge in [0.25, 0.3) is 0 Å². The molecule has 1 unspecified atom stereocenters. The largest absolute Gasteiger partial charge is 0.311 e. The zero-order valence-corrected chi connectivity index (χ0v) is 7.07. The Morgan fingerprint density at radius 2 is 2.08 bits per heavy atom.